The van der Waals surface area contributed by atoms with Crippen LogP contribution in [0.15, 0.2) is 77.9 Å². The van der Waals surface area contributed by atoms with Crippen LogP contribution in [0.1, 0.15) is 46.5 Å². The van der Waals surface area contributed by atoms with E-state index in [2.05, 4.69) is 39.5 Å². The summed E-state index contributed by atoms with van der Waals surface area (Å²) in [6.07, 6.45) is 10.5. The van der Waals surface area contributed by atoms with Crippen LogP contribution in [-0.2, 0) is 4.79 Å². The summed E-state index contributed by atoms with van der Waals surface area (Å²) in [5, 5.41) is 10.4. The number of carbonyl (C=O) groups excluding carboxylic acids is 1. The summed E-state index contributed by atoms with van der Waals surface area (Å²) in [4.78, 5) is 15.0. The van der Waals surface area contributed by atoms with Crippen molar-refractivity contribution in [1.29, 1.82) is 0 Å². The van der Waals surface area contributed by atoms with Crippen LogP contribution in [0.3, 0.4) is 0 Å². The lowest BCUT2D eigenvalue weighted by Crippen LogP contribution is -2.43. The first kappa shape index (κ1) is 20.3. The van der Waals surface area contributed by atoms with Gasteiger partial charge in [-0.2, -0.15) is 0 Å². The number of para-hydroxylation sites is 1. The van der Waals surface area contributed by atoms with Gasteiger partial charge in [-0.15, -0.1) is 0 Å². The van der Waals surface area contributed by atoms with Crippen LogP contribution in [0.4, 0.5) is 5.69 Å². The summed E-state index contributed by atoms with van der Waals surface area (Å²) in [6, 6.07) is 9.70. The highest BCUT2D eigenvalue weighted by Crippen LogP contribution is 2.51. The highest BCUT2D eigenvalue weighted by atomic mass is 16.3. The minimum Gasteiger partial charge on any atom is -0.389 e. The van der Waals surface area contributed by atoms with Gasteiger partial charge in [0.25, 0.3) is 0 Å². The second-order valence-corrected chi connectivity index (χ2v) is 8.37. The zero-order chi connectivity index (χ0) is 20.3. The lowest BCUT2D eigenvalue weighted by Gasteiger charge is -2.40. The predicted octanol–water partition coefficient (Wildman–Crippen LogP) is 5.35. The van der Waals surface area contributed by atoms with E-state index < -0.39 is 11.5 Å². The number of nitrogens with zero attached hydrogens (tertiary/aromatic N) is 1. The standard InChI is InChI=1S/C25H31NO2/c1-18(2)9-8-10-19(3)15-23-25(16-22(27)14-13-20(25)4)17-24(28)26(23)21-11-6-5-7-12-21/h5-7,9,11-15,22-23,27H,4,8,10,16-17H2,1-3H3/b19-15+/t22-,23-,25?/m1/s1. The first-order valence-corrected chi connectivity index (χ1v) is 10.1. The third-order valence-corrected chi connectivity index (χ3v) is 5.88. The zero-order valence-corrected chi connectivity index (χ0v) is 17.2. The Hall–Kier alpha value is -2.39. The van der Waals surface area contributed by atoms with Gasteiger partial charge in [-0.3, -0.25) is 4.79 Å². The van der Waals surface area contributed by atoms with Gasteiger partial charge in [0.1, 0.15) is 0 Å². The number of carbonyl (C=O) groups is 1. The molecule has 1 fully saturated rings. The van der Waals surface area contributed by atoms with Crippen LogP contribution < -0.4 is 4.90 Å². The molecule has 1 aromatic carbocycles. The Labute approximate surface area is 168 Å². The number of aliphatic hydroxyl groups excluding tert-OH is 1. The Morgan fingerprint density at radius 2 is 2.00 bits per heavy atom. The molecule has 0 radical (unpaired) electrons. The summed E-state index contributed by atoms with van der Waals surface area (Å²) in [7, 11) is 0. The van der Waals surface area contributed by atoms with Crippen molar-refractivity contribution in [3.8, 4) is 0 Å². The number of aliphatic hydroxyl groups is 1. The van der Waals surface area contributed by atoms with Crippen LogP contribution in [0.25, 0.3) is 0 Å². The molecule has 28 heavy (non-hydrogen) atoms. The number of allylic oxidation sites excluding steroid dienone is 4. The minimum atomic E-state index is -0.545. The summed E-state index contributed by atoms with van der Waals surface area (Å²) >= 11 is 0. The van der Waals surface area contributed by atoms with Gasteiger partial charge in [0.05, 0.1) is 12.1 Å². The van der Waals surface area contributed by atoms with E-state index in [1.807, 2.05) is 41.3 Å². The molecule has 0 bridgehead atoms. The van der Waals surface area contributed by atoms with E-state index in [1.54, 1.807) is 6.08 Å². The molecule has 2 aliphatic rings. The molecule has 1 aliphatic heterocycles. The molecule has 1 heterocycles. The highest BCUT2D eigenvalue weighted by Gasteiger charge is 2.53. The van der Waals surface area contributed by atoms with Gasteiger partial charge in [-0.25, -0.2) is 0 Å². The number of hydrogen-bond acceptors (Lipinski definition) is 2. The fourth-order valence-electron chi connectivity index (χ4n) is 4.39. The van der Waals surface area contributed by atoms with E-state index in [-0.39, 0.29) is 11.9 Å². The van der Waals surface area contributed by atoms with Gasteiger partial charge >= 0.3 is 0 Å². The van der Waals surface area contributed by atoms with Crippen LogP contribution in [0.5, 0.6) is 0 Å². The van der Waals surface area contributed by atoms with Gasteiger partial charge in [-0.05, 0) is 57.7 Å². The molecule has 3 heteroatoms. The summed E-state index contributed by atoms with van der Waals surface area (Å²) < 4.78 is 0. The van der Waals surface area contributed by atoms with Gasteiger partial charge < -0.3 is 10.0 Å². The Morgan fingerprint density at radius 1 is 1.29 bits per heavy atom. The fraction of sp³-hybridized carbons (Fsp3) is 0.400. The van der Waals surface area contributed by atoms with Crippen molar-refractivity contribution in [3.05, 3.63) is 77.9 Å². The Kier molecular flexibility index (Phi) is 6.04. The second kappa shape index (κ2) is 8.32. The fourth-order valence-corrected chi connectivity index (χ4v) is 4.39. The maximum Gasteiger partial charge on any atom is 0.228 e. The van der Waals surface area contributed by atoms with E-state index in [0.29, 0.717) is 12.8 Å². The topological polar surface area (TPSA) is 40.5 Å². The van der Waals surface area contributed by atoms with E-state index in [9.17, 15) is 9.90 Å². The molecule has 0 saturated carbocycles. The quantitative estimate of drug-likeness (QED) is 0.703. The smallest absolute Gasteiger partial charge is 0.228 e. The second-order valence-electron chi connectivity index (χ2n) is 8.37. The Balaban J connectivity index is 2.01. The molecule has 3 atom stereocenters. The van der Waals surface area contributed by atoms with Crippen LogP contribution in [-0.4, -0.2) is 23.2 Å². The first-order chi connectivity index (χ1) is 13.3. The maximum atomic E-state index is 13.1. The lowest BCUT2D eigenvalue weighted by molar-refractivity contribution is -0.117. The molecule has 1 amide bonds. The normalized spacial score (nSPS) is 27.6. The number of hydrogen-bond donors (Lipinski definition) is 1. The maximum absolute atomic E-state index is 13.1. The molecule has 1 aliphatic carbocycles. The van der Waals surface area contributed by atoms with Crippen molar-refractivity contribution in [2.24, 2.45) is 5.41 Å². The molecule has 148 valence electrons. The van der Waals surface area contributed by atoms with Crippen molar-refractivity contribution in [1.82, 2.24) is 0 Å². The van der Waals surface area contributed by atoms with Gasteiger partial charge in [0.2, 0.25) is 5.91 Å². The van der Waals surface area contributed by atoms with Gasteiger partial charge in [0.15, 0.2) is 0 Å². The number of anilines is 1. The molecule has 0 aromatic heterocycles. The number of benzene rings is 1. The molecule has 1 N–H and O–H groups in total. The van der Waals surface area contributed by atoms with E-state index in [1.165, 1.54) is 11.1 Å². The van der Waals surface area contributed by atoms with E-state index >= 15 is 0 Å². The molecule has 1 saturated heterocycles. The van der Waals surface area contributed by atoms with Crippen molar-refractivity contribution in [2.75, 3.05) is 4.90 Å². The molecular formula is C25H31NO2. The average molecular weight is 378 g/mol. The molecule has 3 rings (SSSR count). The Bertz CT molecular complexity index is 829. The van der Waals surface area contributed by atoms with Crippen LogP contribution in [0, 0.1) is 5.41 Å². The predicted molar refractivity (Wildman–Crippen MR) is 116 cm³/mol. The van der Waals surface area contributed by atoms with E-state index in [0.717, 1.165) is 24.1 Å². The van der Waals surface area contributed by atoms with Crippen molar-refractivity contribution in [2.45, 2.75) is 58.6 Å². The van der Waals surface area contributed by atoms with Gasteiger partial charge in [0, 0.05) is 17.5 Å². The van der Waals surface area contributed by atoms with Crippen LogP contribution in [0.2, 0.25) is 0 Å². The largest absolute Gasteiger partial charge is 0.389 e. The molecular weight excluding hydrogens is 346 g/mol. The summed E-state index contributed by atoms with van der Waals surface area (Å²) in [5.41, 5.74) is 3.95. The third kappa shape index (κ3) is 4.05. The summed E-state index contributed by atoms with van der Waals surface area (Å²) in [5.74, 6) is 0.0909. The van der Waals surface area contributed by atoms with E-state index in [4.69, 9.17) is 0 Å². The summed E-state index contributed by atoms with van der Waals surface area (Å²) in [6.45, 7) is 10.6. The SMILES string of the molecule is C=C1C=C[C@@H](O)CC12CC(=O)N(c1ccccc1)[C@@H]2/C=C(\C)CCC=C(C)C. The third-order valence-electron chi connectivity index (χ3n) is 5.88. The monoisotopic (exact) mass is 377 g/mol. The molecule has 1 spiro atoms. The molecule has 1 unspecified atom stereocenters. The Morgan fingerprint density at radius 3 is 2.68 bits per heavy atom. The zero-order valence-electron chi connectivity index (χ0n) is 17.2. The van der Waals surface area contributed by atoms with Crippen molar-refractivity contribution in [3.63, 3.8) is 0 Å². The number of rotatable bonds is 5. The van der Waals surface area contributed by atoms with Gasteiger partial charge in [-0.1, -0.05) is 60.2 Å². The lowest BCUT2D eigenvalue weighted by atomic mass is 9.67. The minimum absolute atomic E-state index is 0.0909. The average Bonchev–Trinajstić information content (AvgIpc) is 2.90. The van der Waals surface area contributed by atoms with Crippen molar-refractivity contribution < 1.29 is 9.90 Å². The van der Waals surface area contributed by atoms with Crippen LogP contribution >= 0.6 is 0 Å². The number of amides is 1. The molecule has 3 nitrogen and oxygen atoms in total. The van der Waals surface area contributed by atoms with Crippen molar-refractivity contribution >= 4 is 11.6 Å². The first-order valence-electron chi connectivity index (χ1n) is 10.1. The molecule has 1 aromatic rings. The highest BCUT2D eigenvalue weighted by molar-refractivity contribution is 5.98.